The quantitative estimate of drug-likeness (QED) is 0.500. The van der Waals surface area contributed by atoms with Gasteiger partial charge in [0.1, 0.15) is 0 Å². The maximum atomic E-state index is 12.4. The first kappa shape index (κ1) is 18.6. The van der Waals surface area contributed by atoms with Crippen LogP contribution in [0, 0.1) is 5.92 Å². The van der Waals surface area contributed by atoms with Crippen LogP contribution in [0.25, 0.3) is 16.7 Å². The first-order valence-electron chi connectivity index (χ1n) is 10.2. The molecule has 1 nitrogen and oxygen atoms in total. The summed E-state index contributed by atoms with van der Waals surface area (Å²) >= 11 is 0. The average Bonchev–Trinajstić information content (AvgIpc) is 2.69. The van der Waals surface area contributed by atoms with E-state index in [0.29, 0.717) is 5.78 Å². The summed E-state index contributed by atoms with van der Waals surface area (Å²) in [5.74, 6) is 0.586. The molecule has 0 amide bonds. The third-order valence-corrected chi connectivity index (χ3v) is 5.59. The second-order valence-electron chi connectivity index (χ2n) is 7.43. The Kier molecular flexibility index (Phi) is 6.44. The Morgan fingerprint density at radius 2 is 1.46 bits per heavy atom. The molecule has 26 heavy (non-hydrogen) atoms. The normalized spacial score (nSPS) is 17.2. The maximum absolute atomic E-state index is 12.4. The zero-order valence-electron chi connectivity index (χ0n) is 16.1. The Morgan fingerprint density at radius 3 is 2.04 bits per heavy atom. The molecule has 0 aromatic heterocycles. The molecule has 0 heterocycles. The first-order valence-corrected chi connectivity index (χ1v) is 10.2. The van der Waals surface area contributed by atoms with Crippen LogP contribution < -0.4 is 0 Å². The number of carbonyl (C=O) groups is 1. The van der Waals surface area contributed by atoms with Crippen LogP contribution in [-0.4, -0.2) is 5.78 Å². The lowest BCUT2D eigenvalue weighted by Gasteiger charge is -2.21. The average molecular weight is 347 g/mol. The van der Waals surface area contributed by atoms with Gasteiger partial charge in [0.2, 0.25) is 0 Å². The highest BCUT2D eigenvalue weighted by molar-refractivity contribution is 6.00. The van der Waals surface area contributed by atoms with Gasteiger partial charge in [0.25, 0.3) is 0 Å². The van der Waals surface area contributed by atoms with E-state index in [1.54, 1.807) is 0 Å². The fraction of sp³-hybridized carbons (Fsp3) is 0.400. The molecule has 1 unspecified atom stereocenters. The molecule has 2 aromatic carbocycles. The summed E-state index contributed by atoms with van der Waals surface area (Å²) in [6.45, 7) is 4.39. The van der Waals surface area contributed by atoms with E-state index in [2.05, 4.69) is 62.4 Å². The molecule has 0 radical (unpaired) electrons. The molecule has 1 heteroatoms. The summed E-state index contributed by atoms with van der Waals surface area (Å²) in [5.41, 5.74) is 6.24. The highest BCUT2D eigenvalue weighted by Gasteiger charge is 2.22. The van der Waals surface area contributed by atoms with Crippen LogP contribution in [0.15, 0.2) is 54.6 Å². The Labute approximate surface area is 158 Å². The highest BCUT2D eigenvalue weighted by atomic mass is 16.1. The van der Waals surface area contributed by atoms with Gasteiger partial charge in [0.15, 0.2) is 5.78 Å². The molecule has 2 aromatic rings. The molecule has 0 bridgehead atoms. The van der Waals surface area contributed by atoms with Crippen LogP contribution in [0.1, 0.15) is 63.5 Å². The SMILES string of the molecule is CCCCCC1CCC(c2ccc(-c3ccc(CC)cc3)cc2)=CC1=O. The predicted molar refractivity (Wildman–Crippen MR) is 111 cm³/mol. The van der Waals surface area contributed by atoms with Gasteiger partial charge >= 0.3 is 0 Å². The number of allylic oxidation sites excluding steroid dienone is 2. The molecule has 3 rings (SSSR count). The molecule has 136 valence electrons. The summed E-state index contributed by atoms with van der Waals surface area (Å²) in [6.07, 6.45) is 9.70. The van der Waals surface area contributed by atoms with Gasteiger partial charge in [-0.25, -0.2) is 0 Å². The van der Waals surface area contributed by atoms with Crippen LogP contribution in [0.2, 0.25) is 0 Å². The first-order chi connectivity index (χ1) is 12.7. The smallest absolute Gasteiger partial charge is 0.159 e. The Balaban J connectivity index is 1.68. The number of carbonyl (C=O) groups excluding carboxylic acids is 1. The van der Waals surface area contributed by atoms with E-state index >= 15 is 0 Å². The van der Waals surface area contributed by atoms with Gasteiger partial charge in [-0.1, -0.05) is 81.6 Å². The van der Waals surface area contributed by atoms with Crippen LogP contribution in [-0.2, 0) is 11.2 Å². The van der Waals surface area contributed by atoms with Crippen molar-refractivity contribution in [2.75, 3.05) is 0 Å². The van der Waals surface area contributed by atoms with Crippen LogP contribution >= 0.6 is 0 Å². The van der Waals surface area contributed by atoms with Gasteiger partial charge in [-0.3, -0.25) is 4.79 Å². The van der Waals surface area contributed by atoms with E-state index in [1.165, 1.54) is 47.1 Å². The van der Waals surface area contributed by atoms with E-state index in [1.807, 2.05) is 6.08 Å². The summed E-state index contributed by atoms with van der Waals surface area (Å²) in [5, 5.41) is 0. The van der Waals surface area contributed by atoms with E-state index in [4.69, 9.17) is 0 Å². The Hall–Kier alpha value is -2.15. The van der Waals surface area contributed by atoms with Crippen molar-refractivity contribution in [3.8, 4) is 11.1 Å². The zero-order chi connectivity index (χ0) is 18.4. The van der Waals surface area contributed by atoms with E-state index in [9.17, 15) is 4.79 Å². The van der Waals surface area contributed by atoms with Crippen molar-refractivity contribution < 1.29 is 4.79 Å². The number of unbranched alkanes of at least 4 members (excludes halogenated alkanes) is 2. The lowest BCUT2D eigenvalue weighted by molar-refractivity contribution is -0.118. The highest BCUT2D eigenvalue weighted by Crippen LogP contribution is 2.32. The number of hydrogen-bond acceptors (Lipinski definition) is 1. The van der Waals surface area contributed by atoms with Crippen molar-refractivity contribution in [1.29, 1.82) is 0 Å². The summed E-state index contributed by atoms with van der Waals surface area (Å²) in [7, 11) is 0. The molecular weight excluding hydrogens is 316 g/mol. The molecule has 0 N–H and O–H groups in total. The van der Waals surface area contributed by atoms with Crippen molar-refractivity contribution in [2.24, 2.45) is 5.92 Å². The molecule has 0 fully saturated rings. The Morgan fingerprint density at radius 1 is 0.846 bits per heavy atom. The van der Waals surface area contributed by atoms with Crippen molar-refractivity contribution in [3.05, 3.63) is 65.7 Å². The van der Waals surface area contributed by atoms with Gasteiger partial charge in [-0.2, -0.15) is 0 Å². The fourth-order valence-electron chi connectivity index (χ4n) is 3.80. The summed E-state index contributed by atoms with van der Waals surface area (Å²) in [6, 6.07) is 17.5. The largest absolute Gasteiger partial charge is 0.295 e. The number of hydrogen-bond donors (Lipinski definition) is 0. The van der Waals surface area contributed by atoms with Crippen molar-refractivity contribution in [1.82, 2.24) is 0 Å². The molecule has 0 saturated heterocycles. The minimum Gasteiger partial charge on any atom is -0.295 e. The lowest BCUT2D eigenvalue weighted by atomic mass is 9.83. The predicted octanol–water partition coefficient (Wildman–Crippen LogP) is 6.86. The minimum atomic E-state index is 0.252. The zero-order valence-corrected chi connectivity index (χ0v) is 16.1. The number of benzene rings is 2. The van der Waals surface area contributed by atoms with Crippen molar-refractivity contribution >= 4 is 11.4 Å². The van der Waals surface area contributed by atoms with Crippen LogP contribution in [0.5, 0.6) is 0 Å². The molecular formula is C25H30O. The maximum Gasteiger partial charge on any atom is 0.159 e. The van der Waals surface area contributed by atoms with Crippen molar-refractivity contribution in [2.45, 2.75) is 58.8 Å². The summed E-state index contributed by atoms with van der Waals surface area (Å²) in [4.78, 5) is 12.4. The standard InChI is InChI=1S/C25H30O/c1-3-5-6-7-23-16-17-24(18-25(23)26)22-14-12-21(13-15-22)20-10-8-19(4-2)9-11-20/h8-15,18,23H,3-7,16-17H2,1-2H3. The third-order valence-electron chi connectivity index (χ3n) is 5.59. The molecule has 0 spiro atoms. The molecule has 1 aliphatic carbocycles. The van der Waals surface area contributed by atoms with Gasteiger partial charge in [0.05, 0.1) is 0 Å². The second kappa shape index (κ2) is 8.98. The second-order valence-corrected chi connectivity index (χ2v) is 7.43. The monoisotopic (exact) mass is 346 g/mol. The molecule has 1 atom stereocenters. The fourth-order valence-corrected chi connectivity index (χ4v) is 3.80. The number of rotatable bonds is 7. The van der Waals surface area contributed by atoms with Gasteiger partial charge in [-0.05, 0) is 59.6 Å². The molecule has 0 saturated carbocycles. The van der Waals surface area contributed by atoms with Crippen LogP contribution in [0.3, 0.4) is 0 Å². The third kappa shape index (κ3) is 4.52. The molecule has 1 aliphatic rings. The topological polar surface area (TPSA) is 17.1 Å². The minimum absolute atomic E-state index is 0.252. The van der Waals surface area contributed by atoms with Crippen molar-refractivity contribution in [3.63, 3.8) is 0 Å². The van der Waals surface area contributed by atoms with Gasteiger partial charge in [0, 0.05) is 5.92 Å². The number of ketones is 1. The van der Waals surface area contributed by atoms with Crippen LogP contribution in [0.4, 0.5) is 0 Å². The van der Waals surface area contributed by atoms with Gasteiger partial charge in [-0.15, -0.1) is 0 Å². The van der Waals surface area contributed by atoms with E-state index < -0.39 is 0 Å². The van der Waals surface area contributed by atoms with E-state index in [0.717, 1.165) is 25.7 Å². The van der Waals surface area contributed by atoms with Gasteiger partial charge < -0.3 is 0 Å². The Bertz CT molecular complexity index is 750. The molecule has 0 aliphatic heterocycles. The number of aryl methyl sites for hydroxylation is 1. The lowest BCUT2D eigenvalue weighted by Crippen LogP contribution is -2.17. The van der Waals surface area contributed by atoms with E-state index in [-0.39, 0.29) is 5.92 Å². The summed E-state index contributed by atoms with van der Waals surface area (Å²) < 4.78 is 0.